The summed E-state index contributed by atoms with van der Waals surface area (Å²) in [4.78, 5) is 26.4. The maximum atomic E-state index is 12.4. The first kappa shape index (κ1) is 18.5. The van der Waals surface area contributed by atoms with Crippen LogP contribution in [0, 0.1) is 16.7 Å². The van der Waals surface area contributed by atoms with E-state index in [1.807, 2.05) is 50.3 Å². The van der Waals surface area contributed by atoms with Gasteiger partial charge in [-0.1, -0.05) is 29.8 Å². The van der Waals surface area contributed by atoms with Gasteiger partial charge in [-0.2, -0.15) is 5.26 Å². The van der Waals surface area contributed by atoms with Gasteiger partial charge in [0.05, 0.1) is 6.07 Å². The van der Waals surface area contributed by atoms with Crippen LogP contribution in [0.4, 0.5) is 10.5 Å². The SMILES string of the molecule is CC(C)=CCNC(=O)C1(C#N)CCN(C(=O)Nc2ccccc2)CC1. The minimum atomic E-state index is -1.06. The Kier molecular flexibility index (Phi) is 6.18. The zero-order valence-electron chi connectivity index (χ0n) is 14.7. The lowest BCUT2D eigenvalue weighted by Gasteiger charge is -2.36. The number of hydrogen-bond acceptors (Lipinski definition) is 3. The van der Waals surface area contributed by atoms with E-state index in [2.05, 4.69) is 16.7 Å². The van der Waals surface area contributed by atoms with E-state index in [4.69, 9.17) is 0 Å². The molecule has 1 aromatic rings. The molecule has 1 saturated heterocycles. The maximum Gasteiger partial charge on any atom is 0.321 e. The number of allylic oxidation sites excluding steroid dienone is 1. The number of hydrogen-bond donors (Lipinski definition) is 2. The molecule has 132 valence electrons. The van der Waals surface area contributed by atoms with Gasteiger partial charge >= 0.3 is 6.03 Å². The molecule has 6 heteroatoms. The molecule has 1 aliphatic heterocycles. The van der Waals surface area contributed by atoms with Crippen molar-refractivity contribution in [2.45, 2.75) is 26.7 Å². The number of nitrogens with one attached hydrogen (secondary N) is 2. The molecular weight excluding hydrogens is 316 g/mol. The number of nitriles is 1. The first-order chi connectivity index (χ1) is 12.0. The van der Waals surface area contributed by atoms with E-state index in [-0.39, 0.29) is 11.9 Å². The number of likely N-dealkylation sites (tertiary alicyclic amines) is 1. The molecule has 0 bridgehead atoms. The second kappa shape index (κ2) is 8.34. The molecule has 1 aliphatic rings. The van der Waals surface area contributed by atoms with Gasteiger partial charge in [0.25, 0.3) is 0 Å². The normalized spacial score (nSPS) is 15.6. The number of urea groups is 1. The number of carbonyl (C=O) groups is 2. The third kappa shape index (κ3) is 4.83. The lowest BCUT2D eigenvalue weighted by atomic mass is 9.79. The number of piperidine rings is 1. The number of carbonyl (C=O) groups excluding carboxylic acids is 2. The Labute approximate surface area is 148 Å². The highest BCUT2D eigenvalue weighted by Crippen LogP contribution is 2.31. The van der Waals surface area contributed by atoms with E-state index in [0.29, 0.717) is 32.5 Å². The number of anilines is 1. The average Bonchev–Trinajstić information content (AvgIpc) is 2.62. The van der Waals surface area contributed by atoms with Crippen molar-refractivity contribution in [3.05, 3.63) is 42.0 Å². The standard InChI is InChI=1S/C19H24N4O2/c1-15(2)8-11-21-17(24)19(14-20)9-12-23(13-10-19)18(25)22-16-6-4-3-5-7-16/h3-8H,9-13H2,1-2H3,(H,21,24)(H,22,25). The van der Waals surface area contributed by atoms with E-state index >= 15 is 0 Å². The smallest absolute Gasteiger partial charge is 0.321 e. The van der Waals surface area contributed by atoms with Crippen molar-refractivity contribution in [1.29, 1.82) is 5.26 Å². The van der Waals surface area contributed by atoms with E-state index in [1.165, 1.54) is 0 Å². The van der Waals surface area contributed by atoms with Crippen molar-refractivity contribution in [3.8, 4) is 6.07 Å². The van der Waals surface area contributed by atoms with Gasteiger partial charge in [-0.3, -0.25) is 4.79 Å². The lowest BCUT2D eigenvalue weighted by molar-refractivity contribution is -0.129. The third-order valence-corrected chi connectivity index (χ3v) is 4.35. The molecule has 0 aromatic heterocycles. The fourth-order valence-corrected chi connectivity index (χ4v) is 2.72. The molecule has 1 fully saturated rings. The summed E-state index contributed by atoms with van der Waals surface area (Å²) < 4.78 is 0. The van der Waals surface area contributed by atoms with Crippen molar-refractivity contribution in [2.24, 2.45) is 5.41 Å². The van der Waals surface area contributed by atoms with Crippen molar-refractivity contribution in [3.63, 3.8) is 0 Å². The molecule has 0 aliphatic carbocycles. The number of benzene rings is 1. The third-order valence-electron chi connectivity index (χ3n) is 4.35. The van der Waals surface area contributed by atoms with Crippen LogP contribution in [-0.4, -0.2) is 36.5 Å². The van der Waals surface area contributed by atoms with Crippen LogP contribution in [0.1, 0.15) is 26.7 Å². The van der Waals surface area contributed by atoms with E-state index in [0.717, 1.165) is 11.3 Å². The molecule has 1 aromatic carbocycles. The maximum absolute atomic E-state index is 12.4. The summed E-state index contributed by atoms with van der Waals surface area (Å²) >= 11 is 0. The second-order valence-electron chi connectivity index (χ2n) is 6.47. The lowest BCUT2D eigenvalue weighted by Crippen LogP contribution is -2.50. The Bertz CT molecular complexity index is 679. The number of amides is 3. The van der Waals surface area contributed by atoms with Gasteiger partial charge < -0.3 is 15.5 Å². The Morgan fingerprint density at radius 3 is 2.44 bits per heavy atom. The highest BCUT2D eigenvalue weighted by molar-refractivity contribution is 5.90. The predicted octanol–water partition coefficient (Wildman–Crippen LogP) is 2.91. The zero-order valence-corrected chi connectivity index (χ0v) is 14.7. The predicted molar refractivity (Wildman–Crippen MR) is 96.8 cm³/mol. The molecule has 1 heterocycles. The summed E-state index contributed by atoms with van der Waals surface area (Å²) in [5.41, 5.74) is 0.779. The largest absolute Gasteiger partial charge is 0.351 e. The topological polar surface area (TPSA) is 85.2 Å². The Morgan fingerprint density at radius 2 is 1.88 bits per heavy atom. The van der Waals surface area contributed by atoms with Gasteiger partial charge in [0.15, 0.2) is 0 Å². The Hall–Kier alpha value is -2.81. The molecule has 2 N–H and O–H groups in total. The average molecular weight is 340 g/mol. The van der Waals surface area contributed by atoms with Crippen molar-refractivity contribution in [2.75, 3.05) is 25.0 Å². The molecule has 3 amide bonds. The van der Waals surface area contributed by atoms with Crippen LogP contribution in [0.2, 0.25) is 0 Å². The highest BCUT2D eigenvalue weighted by Gasteiger charge is 2.42. The first-order valence-electron chi connectivity index (χ1n) is 8.41. The summed E-state index contributed by atoms with van der Waals surface area (Å²) in [5, 5.41) is 15.2. The summed E-state index contributed by atoms with van der Waals surface area (Å²) in [5.74, 6) is -0.254. The van der Waals surface area contributed by atoms with Crippen molar-refractivity contribution >= 4 is 17.6 Å². The summed E-state index contributed by atoms with van der Waals surface area (Å²) in [7, 11) is 0. The fourth-order valence-electron chi connectivity index (χ4n) is 2.72. The molecule has 0 saturated carbocycles. The van der Waals surface area contributed by atoms with Crippen LogP contribution >= 0.6 is 0 Å². The molecule has 2 rings (SSSR count). The van der Waals surface area contributed by atoms with Crippen LogP contribution in [-0.2, 0) is 4.79 Å². The Balaban J connectivity index is 1.91. The quantitative estimate of drug-likeness (QED) is 0.827. The Morgan fingerprint density at radius 1 is 1.24 bits per heavy atom. The van der Waals surface area contributed by atoms with Crippen LogP contribution in [0.5, 0.6) is 0 Å². The van der Waals surface area contributed by atoms with E-state index in [1.54, 1.807) is 4.90 Å². The fraction of sp³-hybridized carbons (Fsp3) is 0.421. The van der Waals surface area contributed by atoms with Gasteiger partial charge in [0.2, 0.25) is 5.91 Å². The first-order valence-corrected chi connectivity index (χ1v) is 8.41. The van der Waals surface area contributed by atoms with Gasteiger partial charge in [0, 0.05) is 25.3 Å². The van der Waals surface area contributed by atoms with Crippen LogP contribution in [0.25, 0.3) is 0 Å². The zero-order chi connectivity index (χ0) is 18.3. The molecule has 25 heavy (non-hydrogen) atoms. The van der Waals surface area contributed by atoms with E-state index in [9.17, 15) is 14.9 Å². The van der Waals surface area contributed by atoms with Crippen LogP contribution < -0.4 is 10.6 Å². The molecule has 0 atom stereocenters. The second-order valence-corrected chi connectivity index (χ2v) is 6.47. The minimum Gasteiger partial charge on any atom is -0.351 e. The van der Waals surface area contributed by atoms with Crippen LogP contribution in [0.3, 0.4) is 0 Å². The van der Waals surface area contributed by atoms with E-state index < -0.39 is 5.41 Å². The molecule has 0 spiro atoms. The number of para-hydroxylation sites is 1. The van der Waals surface area contributed by atoms with Crippen molar-refractivity contribution in [1.82, 2.24) is 10.2 Å². The number of rotatable bonds is 4. The summed E-state index contributed by atoms with van der Waals surface area (Å²) in [6.07, 6.45) is 2.59. The van der Waals surface area contributed by atoms with Crippen molar-refractivity contribution < 1.29 is 9.59 Å². The van der Waals surface area contributed by atoms with Gasteiger partial charge in [-0.05, 0) is 38.8 Å². The number of nitrogens with zero attached hydrogens (tertiary/aromatic N) is 2. The monoisotopic (exact) mass is 340 g/mol. The molecule has 0 unspecified atom stereocenters. The summed E-state index contributed by atoms with van der Waals surface area (Å²) in [6.45, 7) is 5.08. The highest BCUT2D eigenvalue weighted by atomic mass is 16.2. The molecular formula is C19H24N4O2. The van der Waals surface area contributed by atoms with Gasteiger partial charge in [0.1, 0.15) is 5.41 Å². The van der Waals surface area contributed by atoms with Gasteiger partial charge in [-0.25, -0.2) is 4.79 Å². The molecule has 6 nitrogen and oxygen atoms in total. The van der Waals surface area contributed by atoms with Crippen LogP contribution in [0.15, 0.2) is 42.0 Å². The molecule has 0 radical (unpaired) electrons. The minimum absolute atomic E-state index is 0.206. The summed E-state index contributed by atoms with van der Waals surface area (Å²) in [6, 6.07) is 11.2. The van der Waals surface area contributed by atoms with Gasteiger partial charge in [-0.15, -0.1) is 0 Å².